The van der Waals surface area contributed by atoms with Crippen molar-refractivity contribution in [3.63, 3.8) is 0 Å². The van der Waals surface area contributed by atoms with Crippen LogP contribution < -0.4 is 10.9 Å². The number of benzene rings is 2. The monoisotopic (exact) mass is 447 g/mol. The average molecular weight is 448 g/mol. The summed E-state index contributed by atoms with van der Waals surface area (Å²) in [6, 6.07) is 11.0. The number of halogens is 2. The van der Waals surface area contributed by atoms with Crippen molar-refractivity contribution in [2.24, 2.45) is 0 Å². The predicted molar refractivity (Wildman–Crippen MR) is 116 cm³/mol. The van der Waals surface area contributed by atoms with Crippen LogP contribution in [0, 0.1) is 5.82 Å². The Balaban J connectivity index is 1.56. The lowest BCUT2D eigenvalue weighted by atomic mass is 10.2. The maximum atomic E-state index is 13.9. The SMILES string of the molecule is O=C(CSc1nc2ccccc2c(=O)n1CC1CCCO1)Nc1cc(Cl)ccc1F. The standard InChI is InChI=1S/C21H19ClFN3O3S/c22-13-7-8-16(23)18(10-13)24-19(27)12-30-21-25-17-6-2-1-5-15(17)20(28)26(21)11-14-4-3-9-29-14/h1-2,5-8,10,14H,3-4,9,11-12H2,(H,24,27). The molecule has 30 heavy (non-hydrogen) atoms. The van der Waals surface area contributed by atoms with Gasteiger partial charge in [-0.1, -0.05) is 35.5 Å². The van der Waals surface area contributed by atoms with Crippen molar-refractivity contribution in [1.82, 2.24) is 9.55 Å². The topological polar surface area (TPSA) is 73.2 Å². The summed E-state index contributed by atoms with van der Waals surface area (Å²) in [4.78, 5) is 30.0. The summed E-state index contributed by atoms with van der Waals surface area (Å²) in [6.45, 7) is 1.06. The van der Waals surface area contributed by atoms with E-state index in [2.05, 4.69) is 10.3 Å². The minimum absolute atomic E-state index is 0.0105. The van der Waals surface area contributed by atoms with E-state index in [-0.39, 0.29) is 23.1 Å². The Morgan fingerprint density at radius 3 is 2.97 bits per heavy atom. The summed E-state index contributed by atoms with van der Waals surface area (Å²) in [5, 5.41) is 3.77. The number of hydrogen-bond acceptors (Lipinski definition) is 5. The Hall–Kier alpha value is -2.42. The lowest BCUT2D eigenvalue weighted by Crippen LogP contribution is -2.29. The third-order valence-electron chi connectivity index (χ3n) is 4.77. The lowest BCUT2D eigenvalue weighted by molar-refractivity contribution is -0.113. The van der Waals surface area contributed by atoms with Gasteiger partial charge in [0.05, 0.1) is 35.0 Å². The van der Waals surface area contributed by atoms with E-state index < -0.39 is 11.7 Å². The van der Waals surface area contributed by atoms with Gasteiger partial charge < -0.3 is 10.1 Å². The molecular formula is C21H19ClFN3O3S. The number of thioether (sulfide) groups is 1. The molecule has 0 bridgehead atoms. The zero-order valence-corrected chi connectivity index (χ0v) is 17.5. The first-order valence-electron chi connectivity index (χ1n) is 9.50. The van der Waals surface area contributed by atoms with Gasteiger partial charge in [0, 0.05) is 11.6 Å². The first-order chi connectivity index (χ1) is 14.5. The van der Waals surface area contributed by atoms with Crippen molar-refractivity contribution < 1.29 is 13.9 Å². The maximum Gasteiger partial charge on any atom is 0.262 e. The Morgan fingerprint density at radius 1 is 1.33 bits per heavy atom. The molecule has 0 radical (unpaired) electrons. The number of amides is 1. The molecule has 1 aromatic heterocycles. The van der Waals surface area contributed by atoms with Gasteiger partial charge in [-0.2, -0.15) is 0 Å². The molecule has 1 fully saturated rings. The second-order valence-corrected chi connectivity index (χ2v) is 8.30. The molecule has 1 N–H and O–H groups in total. The number of fused-ring (bicyclic) bond motifs is 1. The van der Waals surface area contributed by atoms with Gasteiger partial charge in [-0.25, -0.2) is 9.37 Å². The van der Waals surface area contributed by atoms with E-state index in [0.717, 1.165) is 24.6 Å². The number of carbonyl (C=O) groups excluding carboxylic acids is 1. The number of carbonyl (C=O) groups is 1. The van der Waals surface area contributed by atoms with Crippen molar-refractivity contribution in [3.8, 4) is 0 Å². The first kappa shape index (κ1) is 20.8. The summed E-state index contributed by atoms with van der Waals surface area (Å²) < 4.78 is 21.1. The minimum atomic E-state index is -0.572. The molecule has 9 heteroatoms. The van der Waals surface area contributed by atoms with Gasteiger partial charge in [-0.3, -0.25) is 14.2 Å². The van der Waals surface area contributed by atoms with Gasteiger partial charge in [-0.15, -0.1) is 0 Å². The Bertz CT molecular complexity index is 1150. The Morgan fingerprint density at radius 2 is 2.17 bits per heavy atom. The van der Waals surface area contributed by atoms with Crippen LogP contribution in [0.3, 0.4) is 0 Å². The number of ether oxygens (including phenoxy) is 1. The molecule has 4 rings (SSSR count). The van der Waals surface area contributed by atoms with Crippen molar-refractivity contribution in [2.75, 3.05) is 17.7 Å². The zero-order chi connectivity index (χ0) is 21.1. The molecule has 0 spiro atoms. The molecule has 1 unspecified atom stereocenters. The molecular weight excluding hydrogens is 429 g/mol. The molecule has 1 atom stereocenters. The molecule has 6 nitrogen and oxygen atoms in total. The number of aromatic nitrogens is 2. The van der Waals surface area contributed by atoms with E-state index in [1.54, 1.807) is 22.8 Å². The van der Waals surface area contributed by atoms with Crippen LogP contribution in [0.1, 0.15) is 12.8 Å². The average Bonchev–Trinajstić information content (AvgIpc) is 3.25. The Labute approximate surface area is 181 Å². The van der Waals surface area contributed by atoms with Gasteiger partial charge >= 0.3 is 0 Å². The molecule has 156 valence electrons. The van der Waals surface area contributed by atoms with Crippen molar-refractivity contribution in [2.45, 2.75) is 30.6 Å². The fourth-order valence-corrected chi connectivity index (χ4v) is 4.30. The van der Waals surface area contributed by atoms with Gasteiger partial charge in [0.1, 0.15) is 5.82 Å². The van der Waals surface area contributed by atoms with Crippen LogP contribution in [-0.2, 0) is 16.1 Å². The van der Waals surface area contributed by atoms with Crippen LogP contribution in [0.5, 0.6) is 0 Å². The largest absolute Gasteiger partial charge is 0.376 e. The van der Waals surface area contributed by atoms with Crippen molar-refractivity contribution in [3.05, 3.63) is 63.7 Å². The molecule has 2 aromatic carbocycles. The quantitative estimate of drug-likeness (QED) is 0.455. The van der Waals surface area contributed by atoms with Crippen LogP contribution in [0.25, 0.3) is 10.9 Å². The van der Waals surface area contributed by atoms with E-state index in [4.69, 9.17) is 16.3 Å². The number of rotatable bonds is 6. The molecule has 2 heterocycles. The van der Waals surface area contributed by atoms with Crippen LogP contribution in [0.4, 0.5) is 10.1 Å². The van der Waals surface area contributed by atoms with Gasteiger partial charge in [0.15, 0.2) is 5.16 Å². The van der Waals surface area contributed by atoms with E-state index in [1.807, 2.05) is 6.07 Å². The Kier molecular flexibility index (Phi) is 6.36. The van der Waals surface area contributed by atoms with E-state index in [9.17, 15) is 14.0 Å². The molecule has 0 saturated carbocycles. The highest BCUT2D eigenvalue weighted by Crippen LogP contribution is 2.23. The number of hydrogen-bond donors (Lipinski definition) is 1. The summed E-state index contributed by atoms with van der Waals surface area (Å²) in [5.41, 5.74) is 0.408. The second-order valence-electron chi connectivity index (χ2n) is 6.92. The molecule has 1 aliphatic heterocycles. The van der Waals surface area contributed by atoms with Crippen molar-refractivity contribution in [1.29, 1.82) is 0 Å². The van der Waals surface area contributed by atoms with Crippen LogP contribution >= 0.6 is 23.4 Å². The molecule has 1 saturated heterocycles. The summed E-state index contributed by atoms with van der Waals surface area (Å²) in [6.07, 6.45) is 1.77. The normalized spacial score (nSPS) is 16.1. The first-order valence-corrected chi connectivity index (χ1v) is 10.9. The van der Waals surface area contributed by atoms with Crippen LogP contribution in [0.15, 0.2) is 52.4 Å². The zero-order valence-electron chi connectivity index (χ0n) is 15.9. The fraction of sp³-hybridized carbons (Fsp3) is 0.286. The van der Waals surface area contributed by atoms with E-state index >= 15 is 0 Å². The number of anilines is 1. The number of para-hydroxylation sites is 1. The van der Waals surface area contributed by atoms with E-state index in [0.29, 0.717) is 34.2 Å². The molecule has 1 aliphatic rings. The highest BCUT2D eigenvalue weighted by molar-refractivity contribution is 7.99. The van der Waals surface area contributed by atoms with Crippen LogP contribution in [0.2, 0.25) is 5.02 Å². The minimum Gasteiger partial charge on any atom is -0.376 e. The van der Waals surface area contributed by atoms with Gasteiger partial charge in [0.25, 0.3) is 5.56 Å². The molecule has 1 amide bonds. The lowest BCUT2D eigenvalue weighted by Gasteiger charge is -2.16. The van der Waals surface area contributed by atoms with Crippen molar-refractivity contribution >= 4 is 45.9 Å². The number of nitrogens with one attached hydrogen (secondary N) is 1. The van der Waals surface area contributed by atoms with E-state index in [1.165, 1.54) is 18.2 Å². The van der Waals surface area contributed by atoms with Crippen LogP contribution in [-0.4, -0.2) is 33.9 Å². The highest BCUT2D eigenvalue weighted by Gasteiger charge is 2.21. The van der Waals surface area contributed by atoms with Gasteiger partial charge in [0.2, 0.25) is 5.91 Å². The third kappa shape index (κ3) is 4.66. The third-order valence-corrected chi connectivity index (χ3v) is 5.98. The maximum absolute atomic E-state index is 13.9. The second kappa shape index (κ2) is 9.16. The molecule has 0 aliphatic carbocycles. The summed E-state index contributed by atoms with van der Waals surface area (Å²) in [5.74, 6) is -1.04. The predicted octanol–water partition coefficient (Wildman–Crippen LogP) is 4.10. The smallest absolute Gasteiger partial charge is 0.262 e. The number of nitrogens with zero attached hydrogens (tertiary/aromatic N) is 2. The summed E-state index contributed by atoms with van der Waals surface area (Å²) in [7, 11) is 0. The van der Waals surface area contributed by atoms with Gasteiger partial charge in [-0.05, 0) is 43.2 Å². The highest BCUT2D eigenvalue weighted by atomic mass is 35.5. The molecule has 3 aromatic rings. The fourth-order valence-electron chi connectivity index (χ4n) is 3.32. The summed E-state index contributed by atoms with van der Waals surface area (Å²) >= 11 is 6.99.